The van der Waals surface area contributed by atoms with Gasteiger partial charge in [0.15, 0.2) is 0 Å². The van der Waals surface area contributed by atoms with E-state index in [1.807, 2.05) is 13.8 Å². The molecular weight excluding hydrogens is 276 g/mol. The topological polar surface area (TPSA) is 40.6 Å². The van der Waals surface area contributed by atoms with Gasteiger partial charge in [0, 0.05) is 62.9 Å². The van der Waals surface area contributed by atoms with Gasteiger partial charge in [-0.2, -0.15) is 0 Å². The zero-order valence-electron chi connectivity index (χ0n) is 14.4. The standard InChI is InChI=1S/C18H30N2O2/c1-13-11-19(15(3)9-17(13)21)7-5-6-8-20-12-14(2)18(22)10-16(20)4/h5-6,13-16H,7-12H2,1-4H3/b6-5+/t13-,14+,15-,16-/m0/s1. The van der Waals surface area contributed by atoms with Crippen LogP contribution in [0.5, 0.6) is 0 Å². The van der Waals surface area contributed by atoms with E-state index in [0.717, 1.165) is 26.2 Å². The third kappa shape index (κ3) is 4.26. The summed E-state index contributed by atoms with van der Waals surface area (Å²) in [6.45, 7) is 11.9. The average Bonchev–Trinajstić information content (AvgIpc) is 2.45. The number of carbonyl (C=O) groups excluding carboxylic acids is 2. The fourth-order valence-corrected chi connectivity index (χ4v) is 3.44. The fraction of sp³-hybridized carbons (Fsp3) is 0.778. The Morgan fingerprint density at radius 2 is 1.18 bits per heavy atom. The van der Waals surface area contributed by atoms with Crippen LogP contribution in [-0.2, 0) is 9.59 Å². The molecule has 2 aliphatic heterocycles. The second kappa shape index (κ2) is 7.51. The van der Waals surface area contributed by atoms with Gasteiger partial charge in [-0.15, -0.1) is 0 Å². The fourth-order valence-electron chi connectivity index (χ4n) is 3.44. The molecule has 2 heterocycles. The van der Waals surface area contributed by atoms with E-state index >= 15 is 0 Å². The molecule has 0 aromatic heterocycles. The van der Waals surface area contributed by atoms with Gasteiger partial charge in [0.25, 0.3) is 0 Å². The molecule has 0 saturated carbocycles. The molecule has 4 heteroatoms. The van der Waals surface area contributed by atoms with Crippen LogP contribution in [0.2, 0.25) is 0 Å². The van der Waals surface area contributed by atoms with Gasteiger partial charge in [-0.05, 0) is 13.8 Å². The molecule has 4 nitrogen and oxygen atoms in total. The summed E-state index contributed by atoms with van der Waals surface area (Å²) in [7, 11) is 0. The van der Waals surface area contributed by atoms with Gasteiger partial charge in [0.05, 0.1) is 0 Å². The Hall–Kier alpha value is -1.00. The molecule has 0 spiro atoms. The molecule has 2 fully saturated rings. The minimum absolute atomic E-state index is 0.165. The van der Waals surface area contributed by atoms with E-state index in [0.29, 0.717) is 36.5 Å². The lowest BCUT2D eigenvalue weighted by Gasteiger charge is -2.36. The van der Waals surface area contributed by atoms with Crippen molar-refractivity contribution in [2.75, 3.05) is 26.2 Å². The molecule has 22 heavy (non-hydrogen) atoms. The number of ketones is 2. The van der Waals surface area contributed by atoms with E-state index in [2.05, 4.69) is 35.8 Å². The normalized spacial score (nSPS) is 35.5. The molecule has 0 N–H and O–H groups in total. The van der Waals surface area contributed by atoms with Gasteiger partial charge in [-0.25, -0.2) is 0 Å². The highest BCUT2D eigenvalue weighted by atomic mass is 16.1. The Kier molecular flexibility index (Phi) is 5.93. The monoisotopic (exact) mass is 306 g/mol. The number of likely N-dealkylation sites (tertiary alicyclic amines) is 2. The van der Waals surface area contributed by atoms with Crippen LogP contribution in [0.15, 0.2) is 12.2 Å². The van der Waals surface area contributed by atoms with Crippen LogP contribution < -0.4 is 0 Å². The van der Waals surface area contributed by atoms with Gasteiger partial charge >= 0.3 is 0 Å². The Balaban J connectivity index is 1.78. The summed E-state index contributed by atoms with van der Waals surface area (Å²) in [4.78, 5) is 28.2. The Morgan fingerprint density at radius 1 is 0.818 bits per heavy atom. The first-order valence-corrected chi connectivity index (χ1v) is 8.57. The maximum Gasteiger partial charge on any atom is 0.138 e. The van der Waals surface area contributed by atoms with Crippen LogP contribution in [0.25, 0.3) is 0 Å². The molecule has 0 aliphatic carbocycles. The third-order valence-electron chi connectivity index (χ3n) is 5.20. The highest BCUT2D eigenvalue weighted by Crippen LogP contribution is 2.19. The molecule has 2 aliphatic rings. The van der Waals surface area contributed by atoms with Gasteiger partial charge in [-0.3, -0.25) is 19.4 Å². The molecule has 2 saturated heterocycles. The van der Waals surface area contributed by atoms with Crippen molar-refractivity contribution in [3.05, 3.63) is 12.2 Å². The number of nitrogens with zero attached hydrogens (tertiary/aromatic N) is 2. The summed E-state index contributed by atoms with van der Waals surface area (Å²) in [6.07, 6.45) is 5.79. The Morgan fingerprint density at radius 3 is 1.55 bits per heavy atom. The number of hydrogen-bond acceptors (Lipinski definition) is 4. The van der Waals surface area contributed by atoms with Gasteiger partial charge in [-0.1, -0.05) is 26.0 Å². The first kappa shape index (κ1) is 17.4. The first-order valence-electron chi connectivity index (χ1n) is 8.57. The lowest BCUT2D eigenvalue weighted by Crippen LogP contribution is -2.46. The van der Waals surface area contributed by atoms with Crippen molar-refractivity contribution in [3.63, 3.8) is 0 Å². The van der Waals surface area contributed by atoms with Crippen LogP contribution in [0.3, 0.4) is 0 Å². The summed E-state index contributed by atoms with van der Waals surface area (Å²) < 4.78 is 0. The Bertz CT molecular complexity index is 406. The maximum absolute atomic E-state index is 11.7. The SMILES string of the molecule is C[C@@H]1CN(C/C=C/CN2C[C@H](C)C(=O)C[C@@H]2C)[C@@H](C)CC1=O. The van der Waals surface area contributed by atoms with Crippen molar-refractivity contribution < 1.29 is 9.59 Å². The minimum atomic E-state index is 0.165. The van der Waals surface area contributed by atoms with Crippen LogP contribution >= 0.6 is 0 Å². The number of rotatable bonds is 4. The molecule has 0 aromatic rings. The zero-order valence-corrected chi connectivity index (χ0v) is 14.4. The predicted octanol–water partition coefficient (Wildman–Crippen LogP) is 2.14. The zero-order chi connectivity index (χ0) is 16.3. The second-order valence-electron chi connectivity index (χ2n) is 7.22. The van der Waals surface area contributed by atoms with Crippen LogP contribution in [0.1, 0.15) is 40.5 Å². The summed E-state index contributed by atoms with van der Waals surface area (Å²) >= 11 is 0. The lowest BCUT2D eigenvalue weighted by atomic mass is 9.93. The average molecular weight is 306 g/mol. The highest BCUT2D eigenvalue weighted by molar-refractivity contribution is 5.82. The van der Waals surface area contributed by atoms with E-state index in [1.165, 1.54) is 0 Å². The minimum Gasteiger partial charge on any atom is -0.299 e. The molecule has 124 valence electrons. The quantitative estimate of drug-likeness (QED) is 0.746. The van der Waals surface area contributed by atoms with Gasteiger partial charge in [0.1, 0.15) is 11.6 Å². The summed E-state index contributed by atoms with van der Waals surface area (Å²) in [5.41, 5.74) is 0. The van der Waals surface area contributed by atoms with E-state index < -0.39 is 0 Å². The molecule has 2 rings (SSSR count). The molecule has 0 radical (unpaired) electrons. The summed E-state index contributed by atoms with van der Waals surface area (Å²) in [5.74, 6) is 1.12. The van der Waals surface area contributed by atoms with Crippen LogP contribution in [0, 0.1) is 11.8 Å². The molecule has 0 bridgehead atoms. The summed E-state index contributed by atoms with van der Waals surface area (Å²) in [6, 6.07) is 0.694. The molecule has 0 unspecified atom stereocenters. The maximum atomic E-state index is 11.7. The van der Waals surface area contributed by atoms with Crippen molar-refractivity contribution in [1.82, 2.24) is 9.80 Å². The molecule has 0 aromatic carbocycles. The molecule has 0 amide bonds. The van der Waals surface area contributed by atoms with Crippen molar-refractivity contribution in [1.29, 1.82) is 0 Å². The predicted molar refractivity (Wildman–Crippen MR) is 88.8 cm³/mol. The first-order chi connectivity index (χ1) is 10.4. The number of piperidine rings is 2. The second-order valence-corrected chi connectivity index (χ2v) is 7.22. The highest BCUT2D eigenvalue weighted by Gasteiger charge is 2.29. The van der Waals surface area contributed by atoms with Crippen LogP contribution in [0.4, 0.5) is 0 Å². The number of hydrogen-bond donors (Lipinski definition) is 0. The Labute approximate surface area is 134 Å². The largest absolute Gasteiger partial charge is 0.299 e. The van der Waals surface area contributed by atoms with E-state index in [1.54, 1.807) is 0 Å². The third-order valence-corrected chi connectivity index (χ3v) is 5.20. The van der Waals surface area contributed by atoms with Crippen molar-refractivity contribution in [3.8, 4) is 0 Å². The lowest BCUT2D eigenvalue weighted by molar-refractivity contribution is -0.127. The number of carbonyl (C=O) groups is 2. The van der Waals surface area contributed by atoms with Crippen molar-refractivity contribution in [2.45, 2.75) is 52.6 Å². The molecule has 4 atom stereocenters. The smallest absolute Gasteiger partial charge is 0.138 e. The van der Waals surface area contributed by atoms with E-state index in [4.69, 9.17) is 0 Å². The van der Waals surface area contributed by atoms with E-state index in [9.17, 15) is 9.59 Å². The van der Waals surface area contributed by atoms with Crippen molar-refractivity contribution in [2.24, 2.45) is 11.8 Å². The van der Waals surface area contributed by atoms with Crippen molar-refractivity contribution >= 4 is 11.6 Å². The number of Topliss-reactive ketones (excluding diaryl/α,β-unsaturated/α-hetero) is 2. The summed E-state index contributed by atoms with van der Waals surface area (Å²) in [5, 5.41) is 0. The van der Waals surface area contributed by atoms with Crippen LogP contribution in [-0.4, -0.2) is 59.6 Å². The van der Waals surface area contributed by atoms with E-state index in [-0.39, 0.29) is 11.8 Å². The van der Waals surface area contributed by atoms with Gasteiger partial charge in [0.2, 0.25) is 0 Å². The van der Waals surface area contributed by atoms with Gasteiger partial charge < -0.3 is 0 Å². The molecular formula is C18H30N2O2.